The second-order valence-corrected chi connectivity index (χ2v) is 12.3. The monoisotopic (exact) mass is 519 g/mol. The molecule has 0 saturated carbocycles. The molecule has 1 aromatic carbocycles. The van der Waals surface area contributed by atoms with Crippen LogP contribution in [0.4, 0.5) is 0 Å². The van der Waals surface area contributed by atoms with Crippen molar-refractivity contribution in [1.82, 2.24) is 23.7 Å². The summed E-state index contributed by atoms with van der Waals surface area (Å²) in [6.07, 6.45) is 2.54. The minimum atomic E-state index is -3.73. The third kappa shape index (κ3) is 5.57. The summed E-state index contributed by atoms with van der Waals surface area (Å²) in [5.74, 6) is -1.18. The number of hydrogen-bond donors (Lipinski definition) is 1. The second-order valence-electron chi connectivity index (χ2n) is 10.3. The highest BCUT2D eigenvalue weighted by molar-refractivity contribution is 7.86. The molecule has 36 heavy (non-hydrogen) atoms. The summed E-state index contributed by atoms with van der Waals surface area (Å²) in [5, 5.41) is 2.96. The molecule has 3 amide bonds. The SMILES string of the molecule is Cc1ccc(CNC(=O)[C@H]2CCCN2C(=O)[C@H]2CCCN(S(=O)(=O)N3CC(C(=O)N(C)C)C3)C2)cc1. The van der Waals surface area contributed by atoms with Gasteiger partial charge < -0.3 is 15.1 Å². The van der Waals surface area contributed by atoms with Crippen LogP contribution < -0.4 is 5.32 Å². The number of hydrogen-bond acceptors (Lipinski definition) is 5. The van der Waals surface area contributed by atoms with Crippen molar-refractivity contribution in [2.24, 2.45) is 11.8 Å². The maximum Gasteiger partial charge on any atom is 0.282 e. The van der Waals surface area contributed by atoms with Gasteiger partial charge in [0, 0.05) is 53.4 Å². The quantitative estimate of drug-likeness (QED) is 0.567. The molecule has 0 bridgehead atoms. The molecular weight excluding hydrogens is 482 g/mol. The van der Waals surface area contributed by atoms with Gasteiger partial charge in [-0.15, -0.1) is 0 Å². The van der Waals surface area contributed by atoms with Crippen molar-refractivity contribution in [3.8, 4) is 0 Å². The van der Waals surface area contributed by atoms with Crippen molar-refractivity contribution in [3.05, 3.63) is 35.4 Å². The zero-order chi connectivity index (χ0) is 26.0. The lowest BCUT2D eigenvalue weighted by Gasteiger charge is -2.42. The predicted molar refractivity (Wildman–Crippen MR) is 135 cm³/mol. The molecular formula is C25H37N5O5S. The first-order chi connectivity index (χ1) is 17.1. The maximum absolute atomic E-state index is 13.4. The predicted octanol–water partition coefficient (Wildman–Crippen LogP) is 0.579. The molecule has 4 rings (SSSR count). The van der Waals surface area contributed by atoms with Crippen LogP contribution in [0.1, 0.15) is 36.8 Å². The third-order valence-electron chi connectivity index (χ3n) is 7.45. The number of carbonyl (C=O) groups is 3. The molecule has 0 unspecified atom stereocenters. The second kappa shape index (κ2) is 10.9. The minimum Gasteiger partial charge on any atom is -0.350 e. The Kier molecular flexibility index (Phi) is 8.01. The van der Waals surface area contributed by atoms with Gasteiger partial charge >= 0.3 is 0 Å². The van der Waals surface area contributed by atoms with Crippen LogP contribution in [-0.4, -0.2) is 97.4 Å². The first-order valence-corrected chi connectivity index (χ1v) is 14.1. The third-order valence-corrected chi connectivity index (χ3v) is 9.38. The van der Waals surface area contributed by atoms with E-state index in [4.69, 9.17) is 0 Å². The molecule has 3 saturated heterocycles. The molecule has 0 radical (unpaired) electrons. The molecule has 198 valence electrons. The molecule has 3 aliphatic rings. The summed E-state index contributed by atoms with van der Waals surface area (Å²) in [7, 11) is -0.411. The molecule has 2 atom stereocenters. The van der Waals surface area contributed by atoms with Crippen molar-refractivity contribution >= 4 is 27.9 Å². The molecule has 3 aliphatic heterocycles. The summed E-state index contributed by atoms with van der Waals surface area (Å²) in [6, 6.07) is 7.41. The average Bonchev–Trinajstić information content (AvgIpc) is 3.32. The van der Waals surface area contributed by atoms with E-state index in [0.717, 1.165) is 17.5 Å². The van der Waals surface area contributed by atoms with E-state index in [1.807, 2.05) is 31.2 Å². The normalized spacial score (nSPS) is 23.8. The first-order valence-electron chi connectivity index (χ1n) is 12.7. The lowest BCUT2D eigenvalue weighted by molar-refractivity contribution is -0.142. The Balaban J connectivity index is 1.34. The number of nitrogens with zero attached hydrogens (tertiary/aromatic N) is 4. The Morgan fingerprint density at radius 1 is 0.944 bits per heavy atom. The maximum atomic E-state index is 13.4. The summed E-state index contributed by atoms with van der Waals surface area (Å²) in [6.45, 7) is 3.72. The first kappa shape index (κ1) is 26.6. The number of piperidine rings is 1. The number of amides is 3. The molecule has 1 aromatic rings. The number of carbonyl (C=O) groups excluding carboxylic acids is 3. The average molecular weight is 520 g/mol. The topological polar surface area (TPSA) is 110 Å². The molecule has 3 heterocycles. The molecule has 0 aliphatic carbocycles. The molecule has 1 N–H and O–H groups in total. The van der Waals surface area contributed by atoms with Gasteiger partial charge in [0.25, 0.3) is 10.2 Å². The Labute approximate surface area is 213 Å². The molecule has 0 spiro atoms. The van der Waals surface area contributed by atoms with E-state index in [1.54, 1.807) is 19.0 Å². The van der Waals surface area contributed by atoms with Gasteiger partial charge in [-0.25, -0.2) is 0 Å². The summed E-state index contributed by atoms with van der Waals surface area (Å²) in [4.78, 5) is 41.6. The van der Waals surface area contributed by atoms with Crippen LogP contribution in [0.15, 0.2) is 24.3 Å². The van der Waals surface area contributed by atoms with Crippen LogP contribution in [0.2, 0.25) is 0 Å². The van der Waals surface area contributed by atoms with Crippen LogP contribution in [0.3, 0.4) is 0 Å². The molecule has 3 fully saturated rings. The lowest BCUT2D eigenvalue weighted by atomic mass is 9.97. The van der Waals surface area contributed by atoms with E-state index in [-0.39, 0.29) is 43.3 Å². The van der Waals surface area contributed by atoms with E-state index in [0.29, 0.717) is 38.9 Å². The zero-order valence-electron chi connectivity index (χ0n) is 21.4. The lowest BCUT2D eigenvalue weighted by Crippen LogP contribution is -2.60. The highest BCUT2D eigenvalue weighted by Gasteiger charge is 2.45. The van der Waals surface area contributed by atoms with Crippen molar-refractivity contribution in [2.75, 3.05) is 46.8 Å². The van der Waals surface area contributed by atoms with Crippen molar-refractivity contribution < 1.29 is 22.8 Å². The van der Waals surface area contributed by atoms with Gasteiger partial charge in [0.05, 0.1) is 11.8 Å². The van der Waals surface area contributed by atoms with E-state index in [2.05, 4.69) is 5.32 Å². The van der Waals surface area contributed by atoms with E-state index in [1.165, 1.54) is 13.5 Å². The Hall–Kier alpha value is -2.50. The highest BCUT2D eigenvalue weighted by Crippen LogP contribution is 2.29. The van der Waals surface area contributed by atoms with Gasteiger partial charge in [-0.1, -0.05) is 29.8 Å². The fraction of sp³-hybridized carbons (Fsp3) is 0.640. The van der Waals surface area contributed by atoms with E-state index in [9.17, 15) is 22.8 Å². The summed E-state index contributed by atoms with van der Waals surface area (Å²) >= 11 is 0. The molecule has 0 aromatic heterocycles. The fourth-order valence-electron chi connectivity index (χ4n) is 5.22. The van der Waals surface area contributed by atoms with Gasteiger partial charge in [0.1, 0.15) is 6.04 Å². The number of rotatable bonds is 7. The Bertz CT molecular complexity index is 1080. The summed E-state index contributed by atoms with van der Waals surface area (Å²) < 4.78 is 29.0. The largest absolute Gasteiger partial charge is 0.350 e. The minimum absolute atomic E-state index is 0.0751. The number of nitrogens with one attached hydrogen (secondary N) is 1. The number of aryl methyl sites for hydroxylation is 1. The van der Waals surface area contributed by atoms with Crippen molar-refractivity contribution in [1.29, 1.82) is 0 Å². The zero-order valence-corrected chi connectivity index (χ0v) is 22.2. The smallest absolute Gasteiger partial charge is 0.282 e. The van der Waals surface area contributed by atoms with E-state index < -0.39 is 22.2 Å². The van der Waals surface area contributed by atoms with E-state index >= 15 is 0 Å². The Morgan fingerprint density at radius 3 is 2.25 bits per heavy atom. The van der Waals surface area contributed by atoms with Gasteiger partial charge in [0.2, 0.25) is 17.7 Å². The van der Waals surface area contributed by atoms with Crippen LogP contribution in [0.25, 0.3) is 0 Å². The number of benzene rings is 1. The van der Waals surface area contributed by atoms with Crippen LogP contribution in [-0.2, 0) is 31.1 Å². The molecule has 11 heteroatoms. The van der Waals surface area contributed by atoms with Crippen LogP contribution in [0, 0.1) is 18.8 Å². The Morgan fingerprint density at radius 2 is 1.58 bits per heavy atom. The van der Waals surface area contributed by atoms with Gasteiger partial charge in [0.15, 0.2) is 0 Å². The van der Waals surface area contributed by atoms with Crippen LogP contribution >= 0.6 is 0 Å². The van der Waals surface area contributed by atoms with Crippen molar-refractivity contribution in [3.63, 3.8) is 0 Å². The van der Waals surface area contributed by atoms with Crippen LogP contribution in [0.5, 0.6) is 0 Å². The van der Waals surface area contributed by atoms with Gasteiger partial charge in [-0.2, -0.15) is 17.0 Å². The van der Waals surface area contributed by atoms with Gasteiger partial charge in [-0.3, -0.25) is 14.4 Å². The highest BCUT2D eigenvalue weighted by atomic mass is 32.2. The fourth-order valence-corrected chi connectivity index (χ4v) is 7.01. The van der Waals surface area contributed by atoms with Crippen molar-refractivity contribution in [2.45, 2.75) is 45.2 Å². The number of likely N-dealkylation sites (tertiary alicyclic amines) is 1. The van der Waals surface area contributed by atoms with Gasteiger partial charge in [-0.05, 0) is 38.2 Å². The standard InChI is InChI=1S/C25H37N5O5S/c1-18-8-10-19(11-9-18)14-26-23(31)22-7-5-13-30(22)25(33)20-6-4-12-28(15-20)36(34,35)29-16-21(17-29)24(32)27(2)3/h8-11,20-22H,4-7,12-17H2,1-3H3,(H,26,31)/t20-,22+/m0/s1. The summed E-state index contributed by atoms with van der Waals surface area (Å²) in [5.41, 5.74) is 2.15. The molecule has 10 nitrogen and oxygen atoms in total.